The van der Waals surface area contributed by atoms with Crippen molar-refractivity contribution in [2.24, 2.45) is 0 Å². The Balaban J connectivity index is 1.08. The molecule has 0 bridgehead atoms. The molecule has 51 heavy (non-hydrogen) atoms. The van der Waals surface area contributed by atoms with Crippen molar-refractivity contribution < 1.29 is 43.2 Å². The van der Waals surface area contributed by atoms with Crippen molar-refractivity contribution in [3.63, 3.8) is 0 Å². The van der Waals surface area contributed by atoms with Gasteiger partial charge in [0.2, 0.25) is 0 Å². The van der Waals surface area contributed by atoms with Crippen LogP contribution in [0, 0.1) is 0 Å². The fraction of sp³-hybridized carbons (Fsp3) is 0.325. The van der Waals surface area contributed by atoms with Crippen LogP contribution in [0.3, 0.4) is 0 Å². The molecule has 262 valence electrons. The maximum atomic E-state index is 13.3. The van der Waals surface area contributed by atoms with E-state index in [-0.39, 0.29) is 35.3 Å². The number of aliphatic hydroxyl groups is 1. The van der Waals surface area contributed by atoms with Crippen molar-refractivity contribution in [1.29, 1.82) is 0 Å². The van der Waals surface area contributed by atoms with E-state index in [4.69, 9.17) is 18.9 Å². The van der Waals surface area contributed by atoms with Crippen LogP contribution < -0.4 is 5.32 Å². The van der Waals surface area contributed by atoms with Gasteiger partial charge in [-0.2, -0.15) is 0 Å². The SMILES string of the molecule is O=C(Nc1cccc(C2OC(CN3CCC4(CC3)OCCO4)C(c3ccccc3)C(c3ccc(CO)cc3)O2)c1)c1ccc2c(c1)C(=O)OC2=O. The van der Waals surface area contributed by atoms with E-state index in [9.17, 15) is 19.5 Å². The first-order valence-corrected chi connectivity index (χ1v) is 17.3. The number of carbonyl (C=O) groups excluding carboxylic acids is 3. The van der Waals surface area contributed by atoms with Crippen LogP contribution in [0.2, 0.25) is 0 Å². The minimum absolute atomic E-state index is 0.0572. The summed E-state index contributed by atoms with van der Waals surface area (Å²) in [6.07, 6.45) is 0.123. The van der Waals surface area contributed by atoms with Gasteiger partial charge in [-0.05, 0) is 47.0 Å². The third kappa shape index (κ3) is 6.84. The molecule has 0 aromatic heterocycles. The highest BCUT2D eigenvalue weighted by Gasteiger charge is 2.45. The first-order valence-electron chi connectivity index (χ1n) is 17.3. The van der Waals surface area contributed by atoms with Crippen LogP contribution in [-0.4, -0.2) is 72.6 Å². The average Bonchev–Trinajstić information content (AvgIpc) is 3.75. The standard InChI is InChI=1S/C40H38N2O9/c43-24-25-9-11-27(12-10-25)35-34(26-5-2-1-3-6-26)33(23-42-17-15-40(16-18-42)47-19-20-48-40)49-39(50-35)29-7-4-8-30(21-29)41-36(44)28-13-14-31-32(22-28)38(46)51-37(31)45/h1-14,21-22,33-35,39,43H,15-20,23-24H2,(H,41,44). The molecule has 4 atom stereocenters. The monoisotopic (exact) mass is 690 g/mol. The number of benzene rings is 4. The van der Waals surface area contributed by atoms with E-state index < -0.39 is 36.0 Å². The number of likely N-dealkylation sites (tertiary alicyclic amines) is 1. The van der Waals surface area contributed by atoms with E-state index in [1.807, 2.05) is 60.7 Å². The number of piperidine rings is 1. The number of carbonyl (C=O) groups is 3. The highest BCUT2D eigenvalue weighted by atomic mass is 16.7. The number of ether oxygens (including phenoxy) is 5. The Hall–Kier alpha value is -4.75. The number of nitrogens with zero attached hydrogens (tertiary/aromatic N) is 1. The number of amides is 1. The van der Waals surface area contributed by atoms with Gasteiger partial charge in [0.15, 0.2) is 12.1 Å². The Labute approximate surface area is 295 Å². The topological polar surface area (TPSA) is 133 Å². The van der Waals surface area contributed by atoms with Gasteiger partial charge < -0.3 is 39.0 Å². The lowest BCUT2D eigenvalue weighted by Gasteiger charge is -2.46. The molecular weight excluding hydrogens is 652 g/mol. The van der Waals surface area contributed by atoms with Gasteiger partial charge in [-0.15, -0.1) is 0 Å². The largest absolute Gasteiger partial charge is 0.392 e. The summed E-state index contributed by atoms with van der Waals surface area (Å²) in [5.41, 5.74) is 4.50. The number of fused-ring (bicyclic) bond motifs is 1. The maximum absolute atomic E-state index is 13.3. The van der Waals surface area contributed by atoms with Crippen LogP contribution in [0.1, 0.15) is 84.5 Å². The van der Waals surface area contributed by atoms with Crippen LogP contribution >= 0.6 is 0 Å². The molecule has 4 aliphatic heterocycles. The molecule has 8 rings (SSSR count). The highest BCUT2D eigenvalue weighted by Crippen LogP contribution is 2.47. The van der Waals surface area contributed by atoms with Crippen LogP contribution in [0.5, 0.6) is 0 Å². The number of aliphatic hydroxyl groups excluding tert-OH is 1. The summed E-state index contributed by atoms with van der Waals surface area (Å²) in [6.45, 7) is 3.45. The summed E-state index contributed by atoms with van der Waals surface area (Å²) in [7, 11) is 0. The molecule has 3 fully saturated rings. The second-order valence-electron chi connectivity index (χ2n) is 13.3. The predicted octanol–water partition coefficient (Wildman–Crippen LogP) is 5.52. The molecule has 1 amide bonds. The first kappa shape index (κ1) is 33.4. The quantitative estimate of drug-likeness (QED) is 0.180. The van der Waals surface area contributed by atoms with Gasteiger partial charge in [-0.1, -0.05) is 66.7 Å². The van der Waals surface area contributed by atoms with Crippen molar-refractivity contribution in [1.82, 2.24) is 4.90 Å². The lowest BCUT2D eigenvalue weighted by atomic mass is 9.83. The normalized spacial score (nSPS) is 24.3. The highest BCUT2D eigenvalue weighted by molar-refractivity contribution is 6.16. The minimum atomic E-state index is -0.772. The van der Waals surface area contributed by atoms with Gasteiger partial charge in [-0.3, -0.25) is 4.79 Å². The Kier molecular flexibility index (Phi) is 9.24. The molecule has 0 radical (unpaired) electrons. The van der Waals surface area contributed by atoms with E-state index in [1.165, 1.54) is 18.2 Å². The molecule has 11 nitrogen and oxygen atoms in total. The maximum Gasteiger partial charge on any atom is 0.346 e. The Morgan fingerprint density at radius 3 is 2.25 bits per heavy atom. The number of hydrogen-bond acceptors (Lipinski definition) is 10. The summed E-state index contributed by atoms with van der Waals surface area (Å²) >= 11 is 0. The molecule has 0 saturated carbocycles. The van der Waals surface area contributed by atoms with Gasteiger partial charge in [-0.25, -0.2) is 9.59 Å². The number of rotatable bonds is 8. The fourth-order valence-corrected chi connectivity index (χ4v) is 7.47. The van der Waals surface area contributed by atoms with Crippen LogP contribution in [0.25, 0.3) is 0 Å². The Morgan fingerprint density at radius 2 is 1.51 bits per heavy atom. The number of hydrogen-bond donors (Lipinski definition) is 2. The van der Waals surface area contributed by atoms with E-state index in [0.29, 0.717) is 25.4 Å². The molecule has 4 aliphatic rings. The third-order valence-electron chi connectivity index (χ3n) is 10.2. The van der Waals surface area contributed by atoms with Gasteiger partial charge in [0.05, 0.1) is 43.2 Å². The number of esters is 2. The van der Waals surface area contributed by atoms with Crippen LogP contribution in [0.15, 0.2) is 97.1 Å². The summed E-state index contributed by atoms with van der Waals surface area (Å²) in [6, 6.07) is 29.7. The Morgan fingerprint density at radius 1 is 0.784 bits per heavy atom. The van der Waals surface area contributed by atoms with Crippen molar-refractivity contribution in [2.75, 3.05) is 38.2 Å². The lowest BCUT2D eigenvalue weighted by molar-refractivity contribution is -0.265. The molecule has 4 unspecified atom stereocenters. The van der Waals surface area contributed by atoms with Crippen LogP contribution in [0.4, 0.5) is 5.69 Å². The van der Waals surface area contributed by atoms with Gasteiger partial charge in [0, 0.05) is 55.2 Å². The fourth-order valence-electron chi connectivity index (χ4n) is 7.47. The summed E-state index contributed by atoms with van der Waals surface area (Å²) in [4.78, 5) is 39.7. The number of anilines is 1. The van der Waals surface area contributed by atoms with Crippen molar-refractivity contribution in [3.8, 4) is 0 Å². The minimum Gasteiger partial charge on any atom is -0.392 e. The molecule has 4 aromatic carbocycles. The Bertz CT molecular complexity index is 1920. The van der Waals surface area contributed by atoms with Gasteiger partial charge >= 0.3 is 11.9 Å². The number of nitrogens with one attached hydrogen (secondary N) is 1. The zero-order valence-electron chi connectivity index (χ0n) is 27.9. The molecule has 1 spiro atoms. The second kappa shape index (κ2) is 14.1. The van der Waals surface area contributed by atoms with Crippen LogP contribution in [-0.2, 0) is 30.3 Å². The zero-order chi connectivity index (χ0) is 35.0. The van der Waals surface area contributed by atoms with E-state index in [1.54, 1.807) is 6.07 Å². The first-order chi connectivity index (χ1) is 24.9. The van der Waals surface area contributed by atoms with E-state index in [0.717, 1.165) is 48.2 Å². The molecule has 11 heteroatoms. The summed E-state index contributed by atoms with van der Waals surface area (Å²) in [5.74, 6) is -2.59. The molecule has 3 saturated heterocycles. The third-order valence-corrected chi connectivity index (χ3v) is 10.2. The molecule has 2 N–H and O–H groups in total. The number of cyclic esters (lactones) is 2. The van der Waals surface area contributed by atoms with Crippen molar-refractivity contribution in [3.05, 3.63) is 136 Å². The predicted molar refractivity (Wildman–Crippen MR) is 184 cm³/mol. The molecule has 4 heterocycles. The van der Waals surface area contributed by atoms with E-state index in [2.05, 4.69) is 27.1 Å². The van der Waals surface area contributed by atoms with Gasteiger partial charge in [0.25, 0.3) is 5.91 Å². The molecule has 0 aliphatic carbocycles. The second-order valence-corrected chi connectivity index (χ2v) is 13.3. The van der Waals surface area contributed by atoms with Crippen molar-refractivity contribution in [2.45, 2.75) is 49.7 Å². The zero-order valence-corrected chi connectivity index (χ0v) is 27.9. The van der Waals surface area contributed by atoms with E-state index >= 15 is 0 Å². The van der Waals surface area contributed by atoms with Gasteiger partial charge in [0.1, 0.15) is 0 Å². The average molecular weight is 691 g/mol. The lowest BCUT2D eigenvalue weighted by Crippen LogP contribution is -2.50. The molecular formula is C40H38N2O9. The van der Waals surface area contributed by atoms with Crippen molar-refractivity contribution >= 4 is 23.5 Å². The smallest absolute Gasteiger partial charge is 0.346 e. The molecule has 4 aromatic rings. The summed E-state index contributed by atoms with van der Waals surface area (Å²) in [5, 5.41) is 12.6. The summed E-state index contributed by atoms with van der Waals surface area (Å²) < 4.78 is 30.4.